The molecule has 0 radical (unpaired) electrons. The molecular formula is C11H14ClN3O. The number of nitrogens with zero attached hydrogens (tertiary/aromatic N) is 1. The Morgan fingerprint density at radius 1 is 1.56 bits per heavy atom. The lowest BCUT2D eigenvalue weighted by atomic mass is 10.3. The van der Waals surface area contributed by atoms with Gasteiger partial charge in [-0.1, -0.05) is 11.6 Å². The van der Waals surface area contributed by atoms with Gasteiger partial charge >= 0.3 is 0 Å². The third-order valence-electron chi connectivity index (χ3n) is 2.33. The van der Waals surface area contributed by atoms with E-state index < -0.39 is 0 Å². The second-order valence-corrected chi connectivity index (χ2v) is 4.21. The van der Waals surface area contributed by atoms with Gasteiger partial charge in [0.15, 0.2) is 0 Å². The Balaban J connectivity index is 2.16. The van der Waals surface area contributed by atoms with Crippen molar-refractivity contribution in [2.24, 2.45) is 0 Å². The van der Waals surface area contributed by atoms with Crippen molar-refractivity contribution in [3.8, 4) is 0 Å². The fraction of sp³-hybridized carbons (Fsp3) is 0.455. The maximum absolute atomic E-state index is 11.8. The number of hydrogen-bond donors (Lipinski definition) is 2. The molecule has 0 bridgehead atoms. The molecule has 86 valence electrons. The quantitative estimate of drug-likeness (QED) is 0.846. The van der Waals surface area contributed by atoms with Crippen LogP contribution in [0.1, 0.15) is 30.3 Å². The van der Waals surface area contributed by atoms with E-state index in [1.54, 1.807) is 12.1 Å². The number of pyridine rings is 1. The van der Waals surface area contributed by atoms with Gasteiger partial charge in [0.1, 0.15) is 11.5 Å². The maximum Gasteiger partial charge on any atom is 0.271 e. The van der Waals surface area contributed by atoms with Crippen LogP contribution in [0.2, 0.25) is 5.02 Å². The van der Waals surface area contributed by atoms with Crippen LogP contribution in [0, 0.1) is 0 Å². The summed E-state index contributed by atoms with van der Waals surface area (Å²) in [4.78, 5) is 16.0. The van der Waals surface area contributed by atoms with Crippen molar-refractivity contribution in [3.63, 3.8) is 0 Å². The first-order valence-corrected chi connectivity index (χ1v) is 5.79. The summed E-state index contributed by atoms with van der Waals surface area (Å²) < 4.78 is 0. The minimum absolute atomic E-state index is 0.188. The predicted octanol–water partition coefficient (Wildman–Crippen LogP) is 2.06. The van der Waals surface area contributed by atoms with Crippen LogP contribution in [0.15, 0.2) is 12.1 Å². The van der Waals surface area contributed by atoms with Crippen LogP contribution in [0.25, 0.3) is 0 Å². The predicted molar refractivity (Wildman–Crippen MR) is 63.9 cm³/mol. The van der Waals surface area contributed by atoms with Gasteiger partial charge in [0, 0.05) is 12.6 Å². The molecular weight excluding hydrogens is 226 g/mol. The molecule has 4 nitrogen and oxygen atoms in total. The lowest BCUT2D eigenvalue weighted by Gasteiger charge is -2.07. The van der Waals surface area contributed by atoms with E-state index in [-0.39, 0.29) is 5.91 Å². The molecule has 0 aliphatic heterocycles. The van der Waals surface area contributed by atoms with Crippen molar-refractivity contribution in [3.05, 3.63) is 22.8 Å². The normalized spacial score (nSPS) is 14.6. The van der Waals surface area contributed by atoms with Crippen molar-refractivity contribution in [2.45, 2.75) is 25.8 Å². The molecule has 1 aliphatic rings. The first-order chi connectivity index (χ1) is 7.70. The van der Waals surface area contributed by atoms with Crippen LogP contribution in [-0.4, -0.2) is 23.5 Å². The molecule has 1 heterocycles. The van der Waals surface area contributed by atoms with Gasteiger partial charge in [-0.3, -0.25) is 4.79 Å². The number of carbonyl (C=O) groups is 1. The Morgan fingerprint density at radius 2 is 2.31 bits per heavy atom. The van der Waals surface area contributed by atoms with Crippen molar-refractivity contribution >= 4 is 23.3 Å². The summed E-state index contributed by atoms with van der Waals surface area (Å²) >= 11 is 5.94. The van der Waals surface area contributed by atoms with Gasteiger partial charge in [0.2, 0.25) is 0 Å². The highest BCUT2D eigenvalue weighted by molar-refractivity contribution is 6.33. The third-order valence-corrected chi connectivity index (χ3v) is 2.64. The summed E-state index contributed by atoms with van der Waals surface area (Å²) in [6.45, 7) is 2.73. The van der Waals surface area contributed by atoms with Crippen molar-refractivity contribution in [1.29, 1.82) is 0 Å². The molecule has 1 aliphatic carbocycles. The molecule has 1 saturated carbocycles. The summed E-state index contributed by atoms with van der Waals surface area (Å²) in [5, 5.41) is 6.30. The molecule has 0 saturated heterocycles. The average Bonchev–Trinajstić information content (AvgIpc) is 3.05. The van der Waals surface area contributed by atoms with Crippen molar-refractivity contribution in [2.75, 3.05) is 11.9 Å². The minimum atomic E-state index is -0.188. The molecule has 5 heteroatoms. The molecule has 1 amide bonds. The highest BCUT2D eigenvalue weighted by Gasteiger charge is 2.25. The first-order valence-electron chi connectivity index (χ1n) is 5.42. The summed E-state index contributed by atoms with van der Waals surface area (Å²) in [5.41, 5.74) is 0.298. The number of rotatable bonds is 4. The molecule has 0 aromatic carbocycles. The number of carbonyl (C=O) groups excluding carboxylic acids is 1. The Labute approximate surface area is 99.4 Å². The number of halogens is 1. The van der Waals surface area contributed by atoms with Gasteiger partial charge in [0.05, 0.1) is 5.02 Å². The van der Waals surface area contributed by atoms with E-state index in [0.29, 0.717) is 22.6 Å². The smallest absolute Gasteiger partial charge is 0.271 e. The van der Waals surface area contributed by atoms with Crippen LogP contribution in [-0.2, 0) is 0 Å². The highest BCUT2D eigenvalue weighted by atomic mass is 35.5. The van der Waals surface area contributed by atoms with Crippen molar-refractivity contribution in [1.82, 2.24) is 10.3 Å². The van der Waals surface area contributed by atoms with Crippen LogP contribution >= 0.6 is 11.6 Å². The molecule has 1 aromatic rings. The van der Waals surface area contributed by atoms with Crippen LogP contribution < -0.4 is 10.6 Å². The summed E-state index contributed by atoms with van der Waals surface area (Å²) in [7, 11) is 0. The average molecular weight is 240 g/mol. The van der Waals surface area contributed by atoms with Gasteiger partial charge in [-0.15, -0.1) is 0 Å². The first kappa shape index (κ1) is 11.2. The lowest BCUT2D eigenvalue weighted by Crippen LogP contribution is -2.26. The van der Waals surface area contributed by atoms with Gasteiger partial charge in [-0.05, 0) is 31.9 Å². The summed E-state index contributed by atoms with van der Waals surface area (Å²) in [6, 6.07) is 3.77. The molecule has 16 heavy (non-hydrogen) atoms. The van der Waals surface area contributed by atoms with Gasteiger partial charge < -0.3 is 10.6 Å². The Hall–Kier alpha value is -1.29. The van der Waals surface area contributed by atoms with Gasteiger partial charge in [-0.2, -0.15) is 0 Å². The standard InChI is InChI=1S/C11H14ClN3O/c1-2-13-9-6-5-8(12)10(15-9)11(16)14-7-3-4-7/h5-7H,2-4H2,1H3,(H,13,15)(H,14,16). The van der Waals surface area contributed by atoms with E-state index in [0.717, 1.165) is 19.4 Å². The second kappa shape index (κ2) is 4.70. The SMILES string of the molecule is CCNc1ccc(Cl)c(C(=O)NC2CC2)n1. The molecule has 1 fully saturated rings. The molecule has 2 N–H and O–H groups in total. The monoisotopic (exact) mass is 239 g/mol. The van der Waals surface area contributed by atoms with E-state index in [9.17, 15) is 4.79 Å². The summed E-state index contributed by atoms with van der Waals surface area (Å²) in [6.07, 6.45) is 2.10. The van der Waals surface area contributed by atoms with E-state index in [2.05, 4.69) is 15.6 Å². The van der Waals surface area contributed by atoms with Gasteiger partial charge in [0.25, 0.3) is 5.91 Å². The molecule has 1 aromatic heterocycles. The lowest BCUT2D eigenvalue weighted by molar-refractivity contribution is 0.0946. The Morgan fingerprint density at radius 3 is 2.94 bits per heavy atom. The number of amides is 1. The molecule has 0 spiro atoms. The zero-order valence-corrected chi connectivity index (χ0v) is 9.84. The zero-order chi connectivity index (χ0) is 11.5. The fourth-order valence-electron chi connectivity index (χ4n) is 1.36. The number of anilines is 1. The Kier molecular flexibility index (Phi) is 3.29. The largest absolute Gasteiger partial charge is 0.370 e. The van der Waals surface area contributed by atoms with E-state index in [1.165, 1.54) is 0 Å². The van der Waals surface area contributed by atoms with E-state index >= 15 is 0 Å². The minimum Gasteiger partial charge on any atom is -0.370 e. The van der Waals surface area contributed by atoms with E-state index in [1.807, 2.05) is 6.92 Å². The van der Waals surface area contributed by atoms with Crippen LogP contribution in [0.5, 0.6) is 0 Å². The number of aromatic nitrogens is 1. The molecule has 2 rings (SSSR count). The van der Waals surface area contributed by atoms with Crippen LogP contribution in [0.4, 0.5) is 5.82 Å². The zero-order valence-electron chi connectivity index (χ0n) is 9.09. The third kappa shape index (κ3) is 2.64. The molecule has 0 atom stereocenters. The number of nitrogens with one attached hydrogen (secondary N) is 2. The van der Waals surface area contributed by atoms with Crippen LogP contribution in [0.3, 0.4) is 0 Å². The number of hydrogen-bond acceptors (Lipinski definition) is 3. The Bertz CT molecular complexity index is 404. The second-order valence-electron chi connectivity index (χ2n) is 3.80. The highest BCUT2D eigenvalue weighted by Crippen LogP contribution is 2.21. The van der Waals surface area contributed by atoms with E-state index in [4.69, 9.17) is 11.6 Å². The topological polar surface area (TPSA) is 54.0 Å². The fourth-order valence-corrected chi connectivity index (χ4v) is 1.55. The molecule has 0 unspecified atom stereocenters. The summed E-state index contributed by atoms with van der Waals surface area (Å²) in [5.74, 6) is 0.486. The maximum atomic E-state index is 11.8. The van der Waals surface area contributed by atoms with Crippen molar-refractivity contribution < 1.29 is 4.79 Å². The van der Waals surface area contributed by atoms with Gasteiger partial charge in [-0.25, -0.2) is 4.98 Å².